The molecular formula is C9H15ClN2S. The summed E-state index contributed by atoms with van der Waals surface area (Å²) in [5.74, 6) is 0.607. The minimum Gasteiger partial charge on any atom is -0.305 e. The van der Waals surface area contributed by atoms with E-state index in [2.05, 4.69) is 29.5 Å². The largest absolute Gasteiger partial charge is 0.305 e. The van der Waals surface area contributed by atoms with E-state index in [4.69, 9.17) is 11.6 Å². The van der Waals surface area contributed by atoms with E-state index in [0.29, 0.717) is 5.88 Å². The Morgan fingerprint density at radius 1 is 1.62 bits per heavy atom. The number of hydrogen-bond acceptors (Lipinski definition) is 3. The van der Waals surface area contributed by atoms with Crippen LogP contribution in [0, 0.1) is 6.92 Å². The molecule has 0 aliphatic carbocycles. The third kappa shape index (κ3) is 3.63. The van der Waals surface area contributed by atoms with Gasteiger partial charge >= 0.3 is 0 Å². The number of halogens is 1. The molecule has 0 aliphatic rings. The van der Waals surface area contributed by atoms with Crippen molar-refractivity contribution >= 4 is 22.9 Å². The van der Waals surface area contributed by atoms with E-state index in [1.807, 2.05) is 6.92 Å². The van der Waals surface area contributed by atoms with Gasteiger partial charge in [0.2, 0.25) is 0 Å². The Bertz CT molecular complexity index is 270. The van der Waals surface area contributed by atoms with Crippen LogP contribution in [0.1, 0.15) is 24.5 Å². The van der Waals surface area contributed by atoms with Crippen molar-refractivity contribution in [3.63, 3.8) is 0 Å². The number of aromatic nitrogens is 1. The molecule has 0 saturated carbocycles. The first-order chi connectivity index (χ1) is 6.03. The van der Waals surface area contributed by atoms with Crippen molar-refractivity contribution in [2.45, 2.75) is 32.9 Å². The number of alkyl halides is 1. The molecule has 2 nitrogen and oxygen atoms in total. The van der Waals surface area contributed by atoms with E-state index >= 15 is 0 Å². The average Bonchev–Trinajstić information content (AvgIpc) is 2.48. The highest BCUT2D eigenvalue weighted by Crippen LogP contribution is 2.10. The van der Waals surface area contributed by atoms with E-state index in [-0.39, 0.29) is 5.54 Å². The summed E-state index contributed by atoms with van der Waals surface area (Å²) >= 11 is 7.46. The molecule has 74 valence electrons. The van der Waals surface area contributed by atoms with Gasteiger partial charge in [0.05, 0.1) is 10.7 Å². The van der Waals surface area contributed by atoms with Crippen molar-refractivity contribution in [2.75, 3.05) is 5.88 Å². The van der Waals surface area contributed by atoms with Gasteiger partial charge < -0.3 is 5.32 Å². The summed E-state index contributed by atoms with van der Waals surface area (Å²) in [5.41, 5.74) is 1.08. The zero-order chi connectivity index (χ0) is 9.90. The van der Waals surface area contributed by atoms with E-state index in [9.17, 15) is 0 Å². The molecule has 1 heterocycles. The molecule has 0 atom stereocenters. The molecule has 1 N–H and O–H groups in total. The van der Waals surface area contributed by atoms with Crippen LogP contribution in [0.15, 0.2) is 5.38 Å². The number of nitrogens with one attached hydrogen (secondary N) is 1. The van der Waals surface area contributed by atoms with Gasteiger partial charge in [0, 0.05) is 23.3 Å². The van der Waals surface area contributed by atoms with Crippen molar-refractivity contribution in [1.82, 2.24) is 10.3 Å². The van der Waals surface area contributed by atoms with Crippen LogP contribution in [-0.4, -0.2) is 16.4 Å². The molecular weight excluding hydrogens is 204 g/mol. The molecule has 0 radical (unpaired) electrons. The maximum Gasteiger partial charge on any atom is 0.0897 e. The molecule has 0 unspecified atom stereocenters. The lowest BCUT2D eigenvalue weighted by atomic mass is 10.1. The fourth-order valence-electron chi connectivity index (χ4n) is 0.867. The highest BCUT2D eigenvalue weighted by atomic mass is 35.5. The topological polar surface area (TPSA) is 24.9 Å². The Hall–Kier alpha value is -0.120. The SMILES string of the molecule is Cc1nc(CNC(C)(C)CCl)cs1. The molecule has 4 heteroatoms. The van der Waals surface area contributed by atoms with Crippen LogP contribution in [0.4, 0.5) is 0 Å². The number of aryl methyl sites for hydroxylation is 1. The van der Waals surface area contributed by atoms with Crippen LogP contribution in [-0.2, 0) is 6.54 Å². The van der Waals surface area contributed by atoms with Crippen molar-refractivity contribution in [3.05, 3.63) is 16.1 Å². The quantitative estimate of drug-likeness (QED) is 0.786. The monoisotopic (exact) mass is 218 g/mol. The van der Waals surface area contributed by atoms with Crippen LogP contribution >= 0.6 is 22.9 Å². The Kier molecular flexibility index (Phi) is 3.71. The van der Waals surface area contributed by atoms with Gasteiger partial charge in [0.25, 0.3) is 0 Å². The first kappa shape index (κ1) is 11.0. The van der Waals surface area contributed by atoms with Gasteiger partial charge in [-0.15, -0.1) is 22.9 Å². The first-order valence-electron chi connectivity index (χ1n) is 4.25. The lowest BCUT2D eigenvalue weighted by molar-refractivity contribution is 0.427. The van der Waals surface area contributed by atoms with Gasteiger partial charge in [0.15, 0.2) is 0 Å². The summed E-state index contributed by atoms with van der Waals surface area (Å²) in [6.07, 6.45) is 0. The molecule has 1 aromatic heterocycles. The maximum absolute atomic E-state index is 5.78. The zero-order valence-electron chi connectivity index (χ0n) is 8.22. The van der Waals surface area contributed by atoms with E-state index < -0.39 is 0 Å². The number of nitrogens with zero attached hydrogens (tertiary/aromatic N) is 1. The zero-order valence-corrected chi connectivity index (χ0v) is 9.80. The Morgan fingerprint density at radius 3 is 2.77 bits per heavy atom. The second kappa shape index (κ2) is 4.40. The summed E-state index contributed by atoms with van der Waals surface area (Å²) in [4.78, 5) is 4.36. The van der Waals surface area contributed by atoms with Crippen LogP contribution in [0.3, 0.4) is 0 Å². The predicted molar refractivity (Wildman–Crippen MR) is 58.5 cm³/mol. The van der Waals surface area contributed by atoms with E-state index in [1.54, 1.807) is 11.3 Å². The second-order valence-corrected chi connectivity index (χ2v) is 5.06. The molecule has 1 rings (SSSR count). The fourth-order valence-corrected chi connectivity index (χ4v) is 1.57. The smallest absolute Gasteiger partial charge is 0.0897 e. The molecule has 0 spiro atoms. The lowest BCUT2D eigenvalue weighted by Crippen LogP contribution is -2.40. The molecule has 0 bridgehead atoms. The average molecular weight is 219 g/mol. The van der Waals surface area contributed by atoms with Crippen molar-refractivity contribution in [1.29, 1.82) is 0 Å². The highest BCUT2D eigenvalue weighted by molar-refractivity contribution is 7.09. The first-order valence-corrected chi connectivity index (χ1v) is 5.67. The third-order valence-corrected chi connectivity index (χ3v) is 3.24. The number of hydrogen-bond donors (Lipinski definition) is 1. The summed E-state index contributed by atoms with van der Waals surface area (Å²) in [5, 5.41) is 6.54. The minimum atomic E-state index is -0.0148. The minimum absolute atomic E-state index is 0.0148. The standard InChI is InChI=1S/C9H15ClN2S/c1-7-12-8(5-13-7)4-11-9(2,3)6-10/h5,11H,4,6H2,1-3H3. The van der Waals surface area contributed by atoms with Gasteiger partial charge in [-0.05, 0) is 20.8 Å². The van der Waals surface area contributed by atoms with Gasteiger partial charge in [-0.1, -0.05) is 0 Å². The highest BCUT2D eigenvalue weighted by Gasteiger charge is 2.15. The van der Waals surface area contributed by atoms with Crippen LogP contribution in [0.2, 0.25) is 0 Å². The number of thiazole rings is 1. The lowest BCUT2D eigenvalue weighted by Gasteiger charge is -2.22. The summed E-state index contributed by atoms with van der Waals surface area (Å²) < 4.78 is 0. The van der Waals surface area contributed by atoms with Crippen molar-refractivity contribution < 1.29 is 0 Å². The summed E-state index contributed by atoms with van der Waals surface area (Å²) in [6, 6.07) is 0. The van der Waals surface area contributed by atoms with Gasteiger partial charge in [-0.3, -0.25) is 0 Å². The maximum atomic E-state index is 5.78. The Labute approximate surface area is 88.3 Å². The molecule has 1 aromatic rings. The van der Waals surface area contributed by atoms with Gasteiger partial charge in [0.1, 0.15) is 0 Å². The van der Waals surface area contributed by atoms with Gasteiger partial charge in [-0.2, -0.15) is 0 Å². The van der Waals surface area contributed by atoms with Crippen molar-refractivity contribution in [2.24, 2.45) is 0 Å². The molecule has 0 aromatic carbocycles. The Balaban J connectivity index is 2.43. The van der Waals surface area contributed by atoms with Crippen LogP contribution in [0.25, 0.3) is 0 Å². The fraction of sp³-hybridized carbons (Fsp3) is 0.667. The summed E-state index contributed by atoms with van der Waals surface area (Å²) in [6.45, 7) is 6.98. The molecule has 0 fully saturated rings. The van der Waals surface area contributed by atoms with Crippen LogP contribution in [0.5, 0.6) is 0 Å². The molecule has 0 aliphatic heterocycles. The molecule has 13 heavy (non-hydrogen) atoms. The molecule has 0 amide bonds. The van der Waals surface area contributed by atoms with E-state index in [1.165, 1.54) is 0 Å². The van der Waals surface area contributed by atoms with E-state index in [0.717, 1.165) is 17.2 Å². The molecule has 0 saturated heterocycles. The summed E-state index contributed by atoms with van der Waals surface area (Å²) in [7, 11) is 0. The number of rotatable bonds is 4. The predicted octanol–water partition coefficient (Wildman–Crippen LogP) is 2.56. The third-order valence-electron chi connectivity index (χ3n) is 1.75. The van der Waals surface area contributed by atoms with Gasteiger partial charge in [-0.25, -0.2) is 4.98 Å². The second-order valence-electron chi connectivity index (χ2n) is 3.73. The van der Waals surface area contributed by atoms with Crippen LogP contribution < -0.4 is 5.32 Å². The van der Waals surface area contributed by atoms with Crippen molar-refractivity contribution in [3.8, 4) is 0 Å². The Morgan fingerprint density at radius 2 is 2.31 bits per heavy atom. The normalized spacial score (nSPS) is 12.0.